The van der Waals surface area contributed by atoms with Crippen LogP contribution in [0.2, 0.25) is 6.32 Å². The van der Waals surface area contributed by atoms with E-state index in [0.717, 1.165) is 44.5 Å². The molecule has 1 N–H and O–H groups in total. The van der Waals surface area contributed by atoms with E-state index in [2.05, 4.69) is 54.2 Å². The number of rotatable bonds is 10. The minimum atomic E-state index is 0.168. The Morgan fingerprint density at radius 2 is 2.21 bits per heavy atom. The number of hydrogen-bond acceptors (Lipinski definition) is 5. The lowest BCUT2D eigenvalue weighted by Gasteiger charge is -2.35. The van der Waals surface area contributed by atoms with E-state index in [4.69, 9.17) is 16.3 Å². The van der Waals surface area contributed by atoms with Gasteiger partial charge in [0.2, 0.25) is 0 Å². The first-order valence-electron chi connectivity index (χ1n) is 11.3. The zero-order valence-electron chi connectivity index (χ0n) is 18.3. The number of alkyl halides is 1. The topological polar surface area (TPSA) is 24.5 Å². The van der Waals surface area contributed by atoms with Crippen LogP contribution in [0.3, 0.4) is 0 Å². The largest absolute Gasteiger partial charge is 0.430 e. The maximum Gasteiger partial charge on any atom is 0.308 e. The van der Waals surface area contributed by atoms with Crippen LogP contribution < -0.4 is 4.72 Å². The van der Waals surface area contributed by atoms with Gasteiger partial charge in [-0.15, -0.1) is 11.6 Å². The number of halogens is 1. The summed E-state index contributed by atoms with van der Waals surface area (Å²) in [6.07, 6.45) is 19.5. The summed E-state index contributed by atoms with van der Waals surface area (Å²) in [4.78, 5) is 2.35. The molecule has 3 rings (SSSR count). The van der Waals surface area contributed by atoms with Crippen LogP contribution in [-0.4, -0.2) is 66.6 Å². The van der Waals surface area contributed by atoms with Crippen molar-refractivity contribution in [3.63, 3.8) is 0 Å². The van der Waals surface area contributed by atoms with Crippen molar-refractivity contribution in [1.29, 1.82) is 0 Å². The Labute approximate surface area is 192 Å². The van der Waals surface area contributed by atoms with Crippen molar-refractivity contribution in [3.05, 3.63) is 24.3 Å². The Morgan fingerprint density at radius 1 is 1.34 bits per heavy atom. The van der Waals surface area contributed by atoms with Crippen molar-refractivity contribution >= 4 is 42.2 Å². The molecular weight excluding hydrogens is 419 g/mol. The van der Waals surface area contributed by atoms with E-state index in [0.29, 0.717) is 24.1 Å². The van der Waals surface area contributed by atoms with E-state index < -0.39 is 0 Å². The van der Waals surface area contributed by atoms with Crippen LogP contribution in [0.25, 0.3) is 0 Å². The minimum absolute atomic E-state index is 0.168. The van der Waals surface area contributed by atoms with Crippen LogP contribution in [0.15, 0.2) is 24.3 Å². The second kappa shape index (κ2) is 12.5. The van der Waals surface area contributed by atoms with E-state index >= 15 is 0 Å². The van der Waals surface area contributed by atoms with Gasteiger partial charge in [0.05, 0.1) is 11.5 Å². The van der Waals surface area contributed by atoms with Gasteiger partial charge in [-0.05, 0) is 70.1 Å². The minimum Gasteiger partial charge on any atom is -0.430 e. The van der Waals surface area contributed by atoms with Crippen LogP contribution >= 0.6 is 35.3 Å². The quantitative estimate of drug-likeness (QED) is 0.212. The molecule has 0 aromatic rings. The fraction of sp³-hybridized carbons (Fsp3) is 0.818. The van der Waals surface area contributed by atoms with Crippen LogP contribution in [0.5, 0.6) is 0 Å². The van der Waals surface area contributed by atoms with Gasteiger partial charge in [-0.2, -0.15) is 11.8 Å². The summed E-state index contributed by atoms with van der Waals surface area (Å²) in [6, 6.07) is 0.521. The normalized spacial score (nSPS) is 32.6. The molecule has 164 valence electrons. The summed E-state index contributed by atoms with van der Waals surface area (Å²) in [6.45, 7) is 3.90. The summed E-state index contributed by atoms with van der Waals surface area (Å²) < 4.78 is 10.1. The molecule has 0 amide bonds. The molecule has 1 aliphatic heterocycles. The molecule has 3 aliphatic rings. The number of hydrogen-bond donors (Lipinski definition) is 1. The van der Waals surface area contributed by atoms with Gasteiger partial charge in [-0.25, -0.2) is 0 Å². The van der Waals surface area contributed by atoms with Gasteiger partial charge >= 0.3 is 6.92 Å². The molecule has 0 bridgehead atoms. The molecule has 2 aliphatic carbocycles. The molecule has 0 spiro atoms. The third-order valence-corrected chi connectivity index (χ3v) is 9.30. The summed E-state index contributed by atoms with van der Waals surface area (Å²) in [7, 11) is 2.17. The number of thioether (sulfide) groups is 1. The number of allylic oxidation sites excluding steroid dienone is 4. The molecule has 29 heavy (non-hydrogen) atoms. The van der Waals surface area contributed by atoms with Gasteiger partial charge in [0.1, 0.15) is 0 Å². The van der Waals surface area contributed by atoms with E-state index in [9.17, 15) is 0 Å². The average molecular weight is 457 g/mol. The van der Waals surface area contributed by atoms with Crippen LogP contribution in [0.1, 0.15) is 39.0 Å². The predicted molar refractivity (Wildman–Crippen MR) is 133 cm³/mol. The molecule has 1 heterocycles. The molecule has 7 heteroatoms. The van der Waals surface area contributed by atoms with Crippen molar-refractivity contribution in [3.8, 4) is 0 Å². The van der Waals surface area contributed by atoms with Gasteiger partial charge in [0, 0.05) is 23.5 Å². The van der Waals surface area contributed by atoms with E-state index in [1.54, 1.807) is 0 Å². The first-order chi connectivity index (χ1) is 14.1. The highest BCUT2D eigenvalue weighted by molar-refractivity contribution is 7.99. The fourth-order valence-electron chi connectivity index (χ4n) is 4.85. The first kappa shape index (κ1) is 24.1. The van der Waals surface area contributed by atoms with Crippen molar-refractivity contribution in [2.75, 3.05) is 32.0 Å². The molecule has 6 unspecified atom stereocenters. The Balaban J connectivity index is 1.39. The molecule has 1 saturated carbocycles. The zero-order valence-corrected chi connectivity index (χ0v) is 20.7. The highest BCUT2D eigenvalue weighted by Gasteiger charge is 2.35. The molecule has 2 fully saturated rings. The molecule has 0 aromatic heterocycles. The molecule has 1 saturated heterocycles. The molecule has 3 nitrogen and oxygen atoms in total. The van der Waals surface area contributed by atoms with Gasteiger partial charge in [-0.1, -0.05) is 43.2 Å². The van der Waals surface area contributed by atoms with Crippen LogP contribution in [0.4, 0.5) is 0 Å². The van der Waals surface area contributed by atoms with E-state index in [1.165, 1.54) is 18.6 Å². The van der Waals surface area contributed by atoms with E-state index in [-0.39, 0.29) is 11.5 Å². The molecule has 6 atom stereocenters. The second-order valence-corrected chi connectivity index (χ2v) is 11.7. The Bertz CT molecular complexity index is 553. The predicted octanol–water partition coefficient (Wildman–Crippen LogP) is 5.14. The SMILES string of the molecule is CSC(C)C(CCSNC1CCC(Cl)C(OB2CCN(C)C2)C1)C1C=CC=CC1. The molecule has 0 radical (unpaired) electrons. The monoisotopic (exact) mass is 456 g/mol. The zero-order chi connectivity index (χ0) is 20.6. The van der Waals surface area contributed by atoms with E-state index in [1.807, 2.05) is 23.7 Å². The van der Waals surface area contributed by atoms with Crippen molar-refractivity contribution < 1.29 is 4.65 Å². The number of nitrogens with zero attached hydrogens (tertiary/aromatic N) is 1. The maximum atomic E-state index is 6.62. The highest BCUT2D eigenvalue weighted by atomic mass is 35.5. The smallest absolute Gasteiger partial charge is 0.308 e. The van der Waals surface area contributed by atoms with Gasteiger partial charge < -0.3 is 9.55 Å². The van der Waals surface area contributed by atoms with Gasteiger partial charge in [-0.3, -0.25) is 4.72 Å². The third-order valence-electron chi connectivity index (χ3n) is 6.77. The Kier molecular flexibility index (Phi) is 10.3. The molecule has 0 aromatic carbocycles. The van der Waals surface area contributed by atoms with Crippen LogP contribution in [0, 0.1) is 11.8 Å². The lowest BCUT2D eigenvalue weighted by molar-refractivity contribution is 0.144. The summed E-state index contributed by atoms with van der Waals surface area (Å²) >= 11 is 10.5. The Hall–Kier alpha value is 0.415. The van der Waals surface area contributed by atoms with Crippen molar-refractivity contribution in [2.45, 2.75) is 68.1 Å². The van der Waals surface area contributed by atoms with Crippen molar-refractivity contribution in [2.24, 2.45) is 11.8 Å². The third kappa shape index (κ3) is 7.50. The lowest BCUT2D eigenvalue weighted by atomic mass is 9.67. The first-order valence-corrected chi connectivity index (χ1v) is 14.0. The fourth-order valence-corrected chi connectivity index (χ4v) is 6.79. The summed E-state index contributed by atoms with van der Waals surface area (Å²) in [5, 5.41) is 0.868. The van der Waals surface area contributed by atoms with Gasteiger partial charge in [0.25, 0.3) is 0 Å². The summed E-state index contributed by atoms with van der Waals surface area (Å²) in [5.41, 5.74) is 0. The number of nitrogens with one attached hydrogen (secondary N) is 1. The van der Waals surface area contributed by atoms with Crippen LogP contribution in [-0.2, 0) is 4.65 Å². The highest BCUT2D eigenvalue weighted by Crippen LogP contribution is 2.33. The second-order valence-electron chi connectivity index (χ2n) is 8.95. The summed E-state index contributed by atoms with van der Waals surface area (Å²) in [5.74, 6) is 2.61. The average Bonchev–Trinajstić information content (AvgIpc) is 3.15. The van der Waals surface area contributed by atoms with Gasteiger partial charge in [0.15, 0.2) is 0 Å². The molecular formula is C22H38BClN2OS2. The lowest BCUT2D eigenvalue weighted by Crippen LogP contribution is -2.43. The maximum absolute atomic E-state index is 6.62. The van der Waals surface area contributed by atoms with Crippen molar-refractivity contribution in [1.82, 2.24) is 9.62 Å². The Morgan fingerprint density at radius 3 is 2.90 bits per heavy atom. The standard InChI is InChI=1S/C22H38BClN2OS2/c1-17(28-3)20(18-7-5-4-6-8-18)11-14-29-25-19-9-10-21(24)22(15-19)27-23-12-13-26(2)16-23/h4-7,17-22,25H,8-16H2,1-3H3.